The molecule has 1 amide bonds. The van der Waals surface area contributed by atoms with Gasteiger partial charge in [-0.05, 0) is 32.9 Å². The van der Waals surface area contributed by atoms with Crippen molar-refractivity contribution in [2.75, 3.05) is 10.6 Å². The highest BCUT2D eigenvalue weighted by molar-refractivity contribution is 7.16. The van der Waals surface area contributed by atoms with Gasteiger partial charge in [0.1, 0.15) is 11.5 Å². The molecule has 0 radical (unpaired) electrons. The van der Waals surface area contributed by atoms with E-state index in [1.807, 2.05) is 39.0 Å². The number of rotatable bonds is 4. The summed E-state index contributed by atoms with van der Waals surface area (Å²) in [7, 11) is 0. The molecule has 0 saturated heterocycles. The minimum atomic E-state index is -0.264. The Kier molecular flexibility index (Phi) is 4.35. The van der Waals surface area contributed by atoms with E-state index in [4.69, 9.17) is 0 Å². The molecule has 0 bridgehead atoms. The number of carbonyl (C=O) groups excluding carboxylic acids is 1. The van der Waals surface area contributed by atoms with E-state index in [-0.39, 0.29) is 5.91 Å². The average Bonchev–Trinajstić information content (AvgIpc) is 3.07. The lowest BCUT2D eigenvalue weighted by molar-refractivity contribution is 0.102. The molecule has 8 heteroatoms. The van der Waals surface area contributed by atoms with Gasteiger partial charge in [0.15, 0.2) is 10.3 Å². The molecule has 2 N–H and O–H groups in total. The number of carbonyl (C=O) groups is 1. The lowest BCUT2D eigenvalue weighted by atomic mass is 10.4. The molecule has 3 aromatic heterocycles. The molecule has 118 valence electrons. The van der Waals surface area contributed by atoms with E-state index in [0.29, 0.717) is 21.8 Å². The molecule has 3 aromatic rings. The van der Waals surface area contributed by atoms with Crippen molar-refractivity contribution in [1.82, 2.24) is 15.0 Å². The number of aromatic nitrogens is 3. The van der Waals surface area contributed by atoms with Crippen LogP contribution in [0.4, 0.5) is 16.1 Å². The quantitative estimate of drug-likeness (QED) is 0.749. The summed E-state index contributed by atoms with van der Waals surface area (Å²) in [5.41, 5.74) is 2.20. The van der Waals surface area contributed by atoms with Gasteiger partial charge < -0.3 is 5.32 Å². The van der Waals surface area contributed by atoms with Crippen molar-refractivity contribution in [2.45, 2.75) is 20.8 Å². The number of pyridine rings is 1. The standard InChI is InChI=1S/C15H15N5OS2/c1-8-5-4-6-12(16-8)19-14-18-11(7-22-14)13(21)20-15-17-9(2)10(3)23-15/h4-7H,1-3H3,(H,16,18,19)(H,17,20,21). The number of anilines is 3. The van der Waals surface area contributed by atoms with Gasteiger partial charge in [0.2, 0.25) is 0 Å². The van der Waals surface area contributed by atoms with Gasteiger partial charge >= 0.3 is 0 Å². The molecule has 3 rings (SSSR count). The maximum atomic E-state index is 12.2. The molecular weight excluding hydrogens is 330 g/mol. The predicted octanol–water partition coefficient (Wildman–Crippen LogP) is 3.92. The monoisotopic (exact) mass is 345 g/mol. The molecule has 0 spiro atoms. The summed E-state index contributed by atoms with van der Waals surface area (Å²) < 4.78 is 0. The lowest BCUT2D eigenvalue weighted by Gasteiger charge is -2.01. The van der Waals surface area contributed by atoms with E-state index < -0.39 is 0 Å². The van der Waals surface area contributed by atoms with Crippen molar-refractivity contribution in [2.24, 2.45) is 0 Å². The third-order valence-corrected chi connectivity index (χ3v) is 4.86. The second-order valence-electron chi connectivity index (χ2n) is 4.94. The fourth-order valence-electron chi connectivity index (χ4n) is 1.85. The fourth-order valence-corrected chi connectivity index (χ4v) is 3.35. The van der Waals surface area contributed by atoms with Crippen LogP contribution in [0.1, 0.15) is 26.8 Å². The van der Waals surface area contributed by atoms with E-state index in [1.54, 1.807) is 5.38 Å². The van der Waals surface area contributed by atoms with Gasteiger partial charge in [0, 0.05) is 16.0 Å². The molecule has 0 aliphatic heterocycles. The maximum absolute atomic E-state index is 12.2. The van der Waals surface area contributed by atoms with Gasteiger partial charge in [0.25, 0.3) is 5.91 Å². The number of nitrogens with one attached hydrogen (secondary N) is 2. The largest absolute Gasteiger partial charge is 0.316 e. The normalized spacial score (nSPS) is 10.6. The Morgan fingerprint density at radius 1 is 1.09 bits per heavy atom. The topological polar surface area (TPSA) is 79.8 Å². The molecule has 0 fully saturated rings. The van der Waals surface area contributed by atoms with Gasteiger partial charge in [-0.2, -0.15) is 0 Å². The van der Waals surface area contributed by atoms with E-state index in [0.717, 1.165) is 16.3 Å². The van der Waals surface area contributed by atoms with Crippen LogP contribution in [0.25, 0.3) is 0 Å². The Balaban J connectivity index is 1.69. The van der Waals surface area contributed by atoms with E-state index in [2.05, 4.69) is 25.6 Å². The zero-order chi connectivity index (χ0) is 16.4. The first-order chi connectivity index (χ1) is 11.0. The number of amides is 1. The summed E-state index contributed by atoms with van der Waals surface area (Å²) >= 11 is 2.81. The Morgan fingerprint density at radius 3 is 2.61 bits per heavy atom. The van der Waals surface area contributed by atoms with Crippen molar-refractivity contribution in [3.8, 4) is 0 Å². The number of hydrogen-bond acceptors (Lipinski definition) is 7. The van der Waals surface area contributed by atoms with E-state index in [1.165, 1.54) is 22.7 Å². The third kappa shape index (κ3) is 3.72. The average molecular weight is 345 g/mol. The second kappa shape index (κ2) is 6.43. The molecule has 0 aliphatic carbocycles. The van der Waals surface area contributed by atoms with Crippen molar-refractivity contribution in [1.29, 1.82) is 0 Å². The van der Waals surface area contributed by atoms with E-state index >= 15 is 0 Å². The van der Waals surface area contributed by atoms with Crippen LogP contribution < -0.4 is 10.6 Å². The van der Waals surface area contributed by atoms with Gasteiger partial charge in [-0.3, -0.25) is 10.1 Å². The first kappa shape index (κ1) is 15.6. The number of hydrogen-bond donors (Lipinski definition) is 2. The summed E-state index contributed by atoms with van der Waals surface area (Å²) in [4.78, 5) is 26.2. The van der Waals surface area contributed by atoms with Crippen LogP contribution >= 0.6 is 22.7 Å². The summed E-state index contributed by atoms with van der Waals surface area (Å²) in [6.45, 7) is 5.81. The Hall–Kier alpha value is -2.32. The zero-order valence-electron chi connectivity index (χ0n) is 12.9. The minimum absolute atomic E-state index is 0.264. The molecule has 23 heavy (non-hydrogen) atoms. The van der Waals surface area contributed by atoms with Gasteiger partial charge in [-0.25, -0.2) is 15.0 Å². The second-order valence-corrected chi connectivity index (χ2v) is 7.00. The highest BCUT2D eigenvalue weighted by atomic mass is 32.1. The van der Waals surface area contributed by atoms with Crippen molar-refractivity contribution in [3.63, 3.8) is 0 Å². The number of aryl methyl sites for hydroxylation is 3. The van der Waals surface area contributed by atoms with Crippen molar-refractivity contribution in [3.05, 3.63) is 45.5 Å². The van der Waals surface area contributed by atoms with Crippen LogP contribution in [0, 0.1) is 20.8 Å². The molecule has 0 unspecified atom stereocenters. The van der Waals surface area contributed by atoms with Gasteiger partial charge in [-0.15, -0.1) is 22.7 Å². The minimum Gasteiger partial charge on any atom is -0.316 e. The van der Waals surface area contributed by atoms with Crippen molar-refractivity contribution >= 4 is 44.7 Å². The van der Waals surface area contributed by atoms with Crippen LogP contribution in [0.15, 0.2) is 23.6 Å². The smallest absolute Gasteiger partial charge is 0.276 e. The molecule has 0 atom stereocenters. The number of thiazole rings is 2. The first-order valence-corrected chi connectivity index (χ1v) is 8.62. The van der Waals surface area contributed by atoms with Crippen LogP contribution in [-0.2, 0) is 0 Å². The Labute approximate surface area is 141 Å². The lowest BCUT2D eigenvalue weighted by Crippen LogP contribution is -2.12. The van der Waals surface area contributed by atoms with Crippen molar-refractivity contribution < 1.29 is 4.79 Å². The Bertz CT molecular complexity index is 836. The summed E-state index contributed by atoms with van der Waals surface area (Å²) in [5.74, 6) is 0.442. The summed E-state index contributed by atoms with van der Waals surface area (Å²) in [6, 6.07) is 5.69. The van der Waals surface area contributed by atoms with Crippen LogP contribution in [-0.4, -0.2) is 20.9 Å². The van der Waals surface area contributed by atoms with Crippen LogP contribution in [0.3, 0.4) is 0 Å². The first-order valence-electron chi connectivity index (χ1n) is 6.93. The molecule has 0 aromatic carbocycles. The van der Waals surface area contributed by atoms with Gasteiger partial charge in [0.05, 0.1) is 5.69 Å². The molecule has 6 nitrogen and oxygen atoms in total. The van der Waals surface area contributed by atoms with Crippen LogP contribution in [0.2, 0.25) is 0 Å². The predicted molar refractivity (Wildman–Crippen MR) is 93.9 cm³/mol. The zero-order valence-corrected chi connectivity index (χ0v) is 14.5. The Morgan fingerprint density at radius 2 is 1.91 bits per heavy atom. The SMILES string of the molecule is Cc1cccc(Nc2nc(C(=O)Nc3nc(C)c(C)s3)cs2)n1. The molecular formula is C15H15N5OS2. The summed E-state index contributed by atoms with van der Waals surface area (Å²) in [6.07, 6.45) is 0. The van der Waals surface area contributed by atoms with Gasteiger partial charge in [-0.1, -0.05) is 6.07 Å². The highest BCUT2D eigenvalue weighted by Gasteiger charge is 2.14. The van der Waals surface area contributed by atoms with Crippen LogP contribution in [0.5, 0.6) is 0 Å². The molecule has 3 heterocycles. The highest BCUT2D eigenvalue weighted by Crippen LogP contribution is 2.23. The summed E-state index contributed by atoms with van der Waals surface area (Å²) in [5, 5.41) is 8.80. The maximum Gasteiger partial charge on any atom is 0.276 e. The third-order valence-electron chi connectivity index (χ3n) is 3.11. The number of nitrogens with zero attached hydrogens (tertiary/aromatic N) is 3. The molecule has 0 aliphatic rings. The molecule has 0 saturated carbocycles. The fraction of sp³-hybridized carbons (Fsp3) is 0.200. The van der Waals surface area contributed by atoms with E-state index in [9.17, 15) is 4.79 Å².